The van der Waals surface area contributed by atoms with E-state index in [4.69, 9.17) is 27.9 Å². The van der Waals surface area contributed by atoms with Crippen LogP contribution in [0.25, 0.3) is 5.57 Å². The summed E-state index contributed by atoms with van der Waals surface area (Å²) in [5.74, 6) is 1.18. The Labute approximate surface area is 116 Å². The molecule has 0 aromatic heterocycles. The number of carbonyl (C=O) groups is 1. The van der Waals surface area contributed by atoms with Gasteiger partial charge >= 0.3 is 0 Å². The van der Waals surface area contributed by atoms with Gasteiger partial charge in [-0.15, -0.1) is 0 Å². The Bertz CT molecular complexity index is 576. The van der Waals surface area contributed by atoms with Crippen molar-refractivity contribution in [2.24, 2.45) is 5.92 Å². The third kappa shape index (κ3) is 1.67. The summed E-state index contributed by atoms with van der Waals surface area (Å²) in [5, 5.41) is 0.937. The Morgan fingerprint density at radius 1 is 1.33 bits per heavy atom. The van der Waals surface area contributed by atoms with Crippen molar-refractivity contribution in [3.05, 3.63) is 33.3 Å². The fraction of sp³-hybridized carbons (Fsp3) is 0.357. The molecule has 2 nitrogen and oxygen atoms in total. The van der Waals surface area contributed by atoms with E-state index < -0.39 is 0 Å². The van der Waals surface area contributed by atoms with Crippen LogP contribution in [0.4, 0.5) is 0 Å². The maximum atomic E-state index is 11.6. The first-order valence-corrected chi connectivity index (χ1v) is 6.67. The molecule has 0 spiro atoms. The molecule has 0 radical (unpaired) electrons. The van der Waals surface area contributed by atoms with Crippen molar-refractivity contribution in [1.29, 1.82) is 0 Å². The number of hydrogen-bond donors (Lipinski definition) is 0. The predicted octanol–water partition coefficient (Wildman–Crippen LogP) is 3.92. The van der Waals surface area contributed by atoms with Crippen LogP contribution >= 0.6 is 23.2 Å². The lowest BCUT2D eigenvalue weighted by atomic mass is 9.88. The van der Waals surface area contributed by atoms with E-state index in [0.29, 0.717) is 28.1 Å². The zero-order chi connectivity index (χ0) is 12.9. The molecule has 1 unspecified atom stereocenters. The maximum absolute atomic E-state index is 11.6. The van der Waals surface area contributed by atoms with E-state index in [9.17, 15) is 4.79 Å². The first kappa shape index (κ1) is 12.1. The molecule has 18 heavy (non-hydrogen) atoms. The van der Waals surface area contributed by atoms with Crippen LogP contribution in [0.15, 0.2) is 12.1 Å². The topological polar surface area (TPSA) is 26.3 Å². The van der Waals surface area contributed by atoms with Crippen LogP contribution in [0.3, 0.4) is 0 Å². The maximum Gasteiger partial charge on any atom is 0.156 e. The van der Waals surface area contributed by atoms with E-state index in [1.54, 1.807) is 13.2 Å². The third-order valence-electron chi connectivity index (χ3n) is 3.73. The number of methoxy groups -OCH3 is 1. The number of ketones is 1. The molecule has 0 saturated heterocycles. The number of rotatable bonds is 1. The van der Waals surface area contributed by atoms with Crippen LogP contribution in [0.5, 0.6) is 5.75 Å². The number of allylic oxidation sites excluding steroid dienone is 2. The minimum Gasteiger partial charge on any atom is -0.495 e. The Hall–Kier alpha value is -0.990. The van der Waals surface area contributed by atoms with Gasteiger partial charge in [0.1, 0.15) is 10.8 Å². The Morgan fingerprint density at radius 2 is 2.11 bits per heavy atom. The molecule has 0 amide bonds. The number of fused-ring (bicyclic) bond motifs is 3. The molecule has 1 aromatic rings. The van der Waals surface area contributed by atoms with Crippen LogP contribution in [0.1, 0.15) is 24.0 Å². The van der Waals surface area contributed by atoms with E-state index >= 15 is 0 Å². The van der Waals surface area contributed by atoms with Crippen LogP contribution in [0.2, 0.25) is 10.0 Å². The summed E-state index contributed by atoms with van der Waals surface area (Å²) in [7, 11) is 1.58. The van der Waals surface area contributed by atoms with Gasteiger partial charge in [-0.2, -0.15) is 0 Å². The summed E-state index contributed by atoms with van der Waals surface area (Å²) in [6, 6.07) is 1.94. The van der Waals surface area contributed by atoms with E-state index in [2.05, 4.69) is 0 Å². The standard InChI is InChI=1S/C14H12Cl2O2/c1-18-11-5-8-4-7-2-3-9(17)6-10(7)12(8)14(16)13(11)15/h5-7H,2-4H2,1H3. The highest BCUT2D eigenvalue weighted by Gasteiger charge is 2.33. The summed E-state index contributed by atoms with van der Waals surface area (Å²) in [6.07, 6.45) is 4.18. The first-order valence-electron chi connectivity index (χ1n) is 5.91. The minimum absolute atomic E-state index is 0.178. The molecule has 0 saturated carbocycles. The molecule has 3 rings (SSSR count). The van der Waals surface area contributed by atoms with E-state index in [1.165, 1.54) is 0 Å². The molecule has 0 fully saturated rings. The highest BCUT2D eigenvalue weighted by Crippen LogP contribution is 2.49. The molecule has 2 aliphatic carbocycles. The molecule has 4 heteroatoms. The molecular formula is C14H12Cl2O2. The molecule has 2 aliphatic rings. The largest absolute Gasteiger partial charge is 0.495 e. The first-order chi connectivity index (χ1) is 8.61. The lowest BCUT2D eigenvalue weighted by Gasteiger charge is -2.17. The predicted molar refractivity (Wildman–Crippen MR) is 72.4 cm³/mol. The lowest BCUT2D eigenvalue weighted by molar-refractivity contribution is -0.115. The van der Waals surface area contributed by atoms with Crippen molar-refractivity contribution in [3.8, 4) is 5.75 Å². The van der Waals surface area contributed by atoms with Gasteiger partial charge in [-0.3, -0.25) is 4.79 Å². The zero-order valence-electron chi connectivity index (χ0n) is 9.93. The van der Waals surface area contributed by atoms with Gasteiger partial charge in [0, 0.05) is 12.0 Å². The normalized spacial score (nSPS) is 21.4. The Kier molecular flexibility index (Phi) is 2.87. The van der Waals surface area contributed by atoms with Gasteiger partial charge in [0.2, 0.25) is 0 Å². The van der Waals surface area contributed by atoms with Crippen molar-refractivity contribution in [2.45, 2.75) is 19.3 Å². The smallest absolute Gasteiger partial charge is 0.156 e. The van der Waals surface area contributed by atoms with Gasteiger partial charge < -0.3 is 4.74 Å². The second kappa shape index (κ2) is 4.29. The van der Waals surface area contributed by atoms with Gasteiger partial charge in [0.25, 0.3) is 0 Å². The van der Waals surface area contributed by atoms with Crippen molar-refractivity contribution in [3.63, 3.8) is 0 Å². The molecule has 0 N–H and O–H groups in total. The highest BCUT2D eigenvalue weighted by molar-refractivity contribution is 6.44. The highest BCUT2D eigenvalue weighted by atomic mass is 35.5. The van der Waals surface area contributed by atoms with Crippen molar-refractivity contribution in [1.82, 2.24) is 0 Å². The number of benzene rings is 1. The van der Waals surface area contributed by atoms with E-state index in [1.807, 2.05) is 6.07 Å². The molecule has 1 atom stereocenters. The summed E-state index contributed by atoms with van der Waals surface area (Å²) in [5.41, 5.74) is 3.13. The van der Waals surface area contributed by atoms with Crippen LogP contribution < -0.4 is 4.74 Å². The van der Waals surface area contributed by atoms with Crippen molar-refractivity contribution in [2.75, 3.05) is 7.11 Å². The van der Waals surface area contributed by atoms with Crippen LogP contribution in [0, 0.1) is 5.92 Å². The van der Waals surface area contributed by atoms with Crippen molar-refractivity contribution < 1.29 is 9.53 Å². The SMILES string of the molecule is COc1cc2c(c(Cl)c1Cl)C1=CC(=O)CCC1C2. The fourth-order valence-corrected chi connectivity index (χ4v) is 3.41. The summed E-state index contributed by atoms with van der Waals surface area (Å²) in [6.45, 7) is 0. The molecular weight excluding hydrogens is 271 g/mol. The quantitative estimate of drug-likeness (QED) is 0.780. The number of hydrogen-bond acceptors (Lipinski definition) is 2. The Morgan fingerprint density at radius 3 is 2.83 bits per heavy atom. The minimum atomic E-state index is 0.178. The number of halogens is 2. The van der Waals surface area contributed by atoms with Gasteiger partial charge in [0.05, 0.1) is 12.1 Å². The second-order valence-corrected chi connectivity index (χ2v) is 5.50. The van der Waals surface area contributed by atoms with Gasteiger partial charge in [0.15, 0.2) is 5.78 Å². The average molecular weight is 283 g/mol. The second-order valence-electron chi connectivity index (χ2n) is 4.75. The average Bonchev–Trinajstić information content (AvgIpc) is 2.71. The fourth-order valence-electron chi connectivity index (χ4n) is 2.86. The number of carbonyl (C=O) groups excluding carboxylic acids is 1. The molecule has 0 heterocycles. The van der Waals surface area contributed by atoms with E-state index in [-0.39, 0.29) is 5.78 Å². The molecule has 94 valence electrons. The van der Waals surface area contributed by atoms with Crippen LogP contribution in [-0.4, -0.2) is 12.9 Å². The summed E-state index contributed by atoms with van der Waals surface area (Å²) >= 11 is 12.5. The van der Waals surface area contributed by atoms with E-state index in [0.717, 1.165) is 29.5 Å². The molecule has 0 aliphatic heterocycles. The van der Waals surface area contributed by atoms with Gasteiger partial charge in [-0.25, -0.2) is 0 Å². The summed E-state index contributed by atoms with van der Waals surface area (Å²) in [4.78, 5) is 11.6. The molecule has 0 bridgehead atoms. The van der Waals surface area contributed by atoms with Crippen molar-refractivity contribution >= 4 is 34.6 Å². The zero-order valence-corrected chi connectivity index (χ0v) is 11.4. The van der Waals surface area contributed by atoms with Gasteiger partial charge in [-0.05, 0) is 42.0 Å². The monoisotopic (exact) mass is 282 g/mol. The van der Waals surface area contributed by atoms with Crippen LogP contribution in [-0.2, 0) is 11.2 Å². The Balaban J connectivity index is 2.21. The third-order valence-corrected chi connectivity index (χ3v) is 4.58. The number of ether oxygens (including phenoxy) is 1. The lowest BCUT2D eigenvalue weighted by Crippen LogP contribution is -2.09. The summed E-state index contributed by atoms with van der Waals surface area (Å²) < 4.78 is 5.22. The van der Waals surface area contributed by atoms with Gasteiger partial charge in [-0.1, -0.05) is 23.2 Å². The molecule has 1 aromatic carbocycles.